The topological polar surface area (TPSA) is 33.2 Å². The second kappa shape index (κ2) is 7.40. The van der Waals surface area contributed by atoms with Crippen molar-refractivity contribution in [2.24, 2.45) is 0 Å². The molecule has 2 heterocycles. The smallest absolute Gasteiger partial charge is 0.222 e. The molecule has 0 saturated carbocycles. The number of likely N-dealkylation sites (tertiary alicyclic amines) is 1. The van der Waals surface area contributed by atoms with Crippen LogP contribution in [-0.4, -0.2) is 28.9 Å². The van der Waals surface area contributed by atoms with Crippen LogP contribution in [0.5, 0.6) is 0 Å². The van der Waals surface area contributed by atoms with Gasteiger partial charge in [-0.3, -0.25) is 9.78 Å². The molecule has 0 aliphatic carbocycles. The zero-order valence-electron chi connectivity index (χ0n) is 13.7. The number of piperidine rings is 1. The molecule has 1 aromatic heterocycles. The number of pyridine rings is 1. The number of nitrogens with zero attached hydrogens (tertiary/aromatic N) is 2. The van der Waals surface area contributed by atoms with E-state index in [0.29, 0.717) is 12.3 Å². The second-order valence-corrected chi connectivity index (χ2v) is 6.45. The van der Waals surface area contributed by atoms with E-state index in [2.05, 4.69) is 36.2 Å². The number of amides is 1. The highest BCUT2D eigenvalue weighted by Crippen LogP contribution is 2.27. The maximum Gasteiger partial charge on any atom is 0.222 e. The van der Waals surface area contributed by atoms with E-state index in [1.165, 1.54) is 17.5 Å². The van der Waals surface area contributed by atoms with Crippen LogP contribution in [0.3, 0.4) is 0 Å². The van der Waals surface area contributed by atoms with Crippen molar-refractivity contribution in [3.63, 3.8) is 0 Å². The molecule has 0 radical (unpaired) electrons. The molecule has 1 amide bonds. The molecule has 23 heavy (non-hydrogen) atoms. The third-order valence-electron chi connectivity index (χ3n) is 4.64. The zero-order chi connectivity index (χ0) is 16.1. The van der Waals surface area contributed by atoms with Gasteiger partial charge < -0.3 is 4.90 Å². The Labute approximate surface area is 138 Å². The number of hydrogen-bond acceptors (Lipinski definition) is 2. The maximum absolute atomic E-state index is 12.5. The molecule has 1 unspecified atom stereocenters. The SMILES string of the molecule is Cc1cccc(C2CCCN(C(=O)CCc3cccnc3)C2)c1. The fraction of sp³-hybridized carbons (Fsp3) is 0.400. The van der Waals surface area contributed by atoms with Gasteiger partial charge in [-0.15, -0.1) is 0 Å². The highest BCUT2D eigenvalue weighted by Gasteiger charge is 2.24. The van der Waals surface area contributed by atoms with Crippen LogP contribution in [-0.2, 0) is 11.2 Å². The molecule has 1 fully saturated rings. The van der Waals surface area contributed by atoms with Gasteiger partial charge in [-0.05, 0) is 43.4 Å². The number of carbonyl (C=O) groups excluding carboxylic acids is 1. The summed E-state index contributed by atoms with van der Waals surface area (Å²) in [4.78, 5) is 18.7. The summed E-state index contributed by atoms with van der Waals surface area (Å²) in [7, 11) is 0. The summed E-state index contributed by atoms with van der Waals surface area (Å²) in [5, 5.41) is 0. The number of hydrogen-bond donors (Lipinski definition) is 0. The van der Waals surface area contributed by atoms with Gasteiger partial charge in [-0.25, -0.2) is 0 Å². The minimum absolute atomic E-state index is 0.270. The van der Waals surface area contributed by atoms with E-state index in [0.717, 1.165) is 31.5 Å². The number of rotatable bonds is 4. The second-order valence-electron chi connectivity index (χ2n) is 6.45. The molecule has 0 bridgehead atoms. The van der Waals surface area contributed by atoms with Crippen LogP contribution in [0, 0.1) is 6.92 Å². The first kappa shape index (κ1) is 15.7. The number of carbonyl (C=O) groups is 1. The van der Waals surface area contributed by atoms with Gasteiger partial charge in [-0.1, -0.05) is 35.9 Å². The quantitative estimate of drug-likeness (QED) is 0.862. The molecule has 1 aliphatic heterocycles. The summed E-state index contributed by atoms with van der Waals surface area (Å²) >= 11 is 0. The molecule has 1 aromatic carbocycles. The number of aryl methyl sites for hydroxylation is 2. The lowest BCUT2D eigenvalue weighted by molar-refractivity contribution is -0.132. The Balaban J connectivity index is 1.58. The van der Waals surface area contributed by atoms with E-state index in [9.17, 15) is 4.79 Å². The molecule has 1 saturated heterocycles. The van der Waals surface area contributed by atoms with E-state index in [1.807, 2.05) is 23.2 Å². The normalized spacial score (nSPS) is 18.0. The fourth-order valence-electron chi connectivity index (χ4n) is 3.36. The number of benzene rings is 1. The average molecular weight is 308 g/mol. The van der Waals surface area contributed by atoms with Crippen molar-refractivity contribution in [3.05, 3.63) is 65.5 Å². The average Bonchev–Trinajstić information content (AvgIpc) is 2.61. The first-order valence-electron chi connectivity index (χ1n) is 8.45. The molecule has 3 rings (SSSR count). The minimum atomic E-state index is 0.270. The fourth-order valence-corrected chi connectivity index (χ4v) is 3.36. The summed E-state index contributed by atoms with van der Waals surface area (Å²) in [6.07, 6.45) is 7.24. The summed E-state index contributed by atoms with van der Waals surface area (Å²) in [5.74, 6) is 0.747. The van der Waals surface area contributed by atoms with Gasteiger partial charge in [0, 0.05) is 37.8 Å². The lowest BCUT2D eigenvalue weighted by Gasteiger charge is -2.33. The Hall–Kier alpha value is -2.16. The lowest BCUT2D eigenvalue weighted by atomic mass is 9.89. The lowest BCUT2D eigenvalue weighted by Crippen LogP contribution is -2.39. The highest BCUT2D eigenvalue weighted by molar-refractivity contribution is 5.76. The molecular formula is C20H24N2O. The zero-order valence-corrected chi connectivity index (χ0v) is 13.7. The van der Waals surface area contributed by atoms with Crippen molar-refractivity contribution in [2.75, 3.05) is 13.1 Å². The van der Waals surface area contributed by atoms with Crippen LogP contribution in [0.2, 0.25) is 0 Å². The van der Waals surface area contributed by atoms with Crippen LogP contribution >= 0.6 is 0 Å². The van der Waals surface area contributed by atoms with Crippen molar-refractivity contribution >= 4 is 5.91 Å². The first-order valence-corrected chi connectivity index (χ1v) is 8.45. The molecule has 2 aromatic rings. The molecule has 0 spiro atoms. The van der Waals surface area contributed by atoms with Gasteiger partial charge in [-0.2, -0.15) is 0 Å². The van der Waals surface area contributed by atoms with Gasteiger partial charge in [0.15, 0.2) is 0 Å². The van der Waals surface area contributed by atoms with E-state index in [-0.39, 0.29) is 5.91 Å². The van der Waals surface area contributed by atoms with Crippen molar-refractivity contribution in [3.8, 4) is 0 Å². The van der Waals surface area contributed by atoms with E-state index in [4.69, 9.17) is 0 Å². The Kier molecular flexibility index (Phi) is 5.06. The van der Waals surface area contributed by atoms with E-state index >= 15 is 0 Å². The predicted octanol–water partition coefficient (Wildman–Crippen LogP) is 3.73. The number of aromatic nitrogens is 1. The van der Waals surface area contributed by atoms with Crippen molar-refractivity contribution < 1.29 is 4.79 Å². The molecule has 1 atom stereocenters. The predicted molar refractivity (Wildman–Crippen MR) is 92.3 cm³/mol. The van der Waals surface area contributed by atoms with Crippen LogP contribution in [0.15, 0.2) is 48.8 Å². The van der Waals surface area contributed by atoms with Crippen molar-refractivity contribution in [2.45, 2.75) is 38.5 Å². The van der Waals surface area contributed by atoms with Gasteiger partial charge in [0.1, 0.15) is 0 Å². The minimum Gasteiger partial charge on any atom is -0.342 e. The summed E-state index contributed by atoms with van der Waals surface area (Å²) < 4.78 is 0. The standard InChI is InChI=1S/C20H24N2O/c1-16-5-2-7-18(13-16)19-8-4-12-22(15-19)20(23)10-9-17-6-3-11-21-14-17/h2-3,5-7,11,13-14,19H,4,8-10,12,15H2,1H3. The van der Waals surface area contributed by atoms with E-state index < -0.39 is 0 Å². The van der Waals surface area contributed by atoms with Crippen LogP contribution in [0.1, 0.15) is 41.9 Å². The molecule has 3 nitrogen and oxygen atoms in total. The first-order chi connectivity index (χ1) is 11.2. The van der Waals surface area contributed by atoms with Gasteiger partial charge in [0.05, 0.1) is 0 Å². The Morgan fingerprint density at radius 1 is 1.30 bits per heavy atom. The molecule has 3 heteroatoms. The highest BCUT2D eigenvalue weighted by atomic mass is 16.2. The summed E-state index contributed by atoms with van der Waals surface area (Å²) in [6.45, 7) is 3.88. The van der Waals surface area contributed by atoms with Crippen molar-refractivity contribution in [1.82, 2.24) is 9.88 Å². The van der Waals surface area contributed by atoms with Gasteiger partial charge in [0.2, 0.25) is 5.91 Å². The molecule has 0 N–H and O–H groups in total. The third kappa shape index (κ3) is 4.19. The molecular weight excluding hydrogens is 284 g/mol. The third-order valence-corrected chi connectivity index (χ3v) is 4.64. The van der Waals surface area contributed by atoms with Crippen LogP contribution in [0.4, 0.5) is 0 Å². The van der Waals surface area contributed by atoms with E-state index in [1.54, 1.807) is 6.20 Å². The molecule has 120 valence electrons. The van der Waals surface area contributed by atoms with Crippen LogP contribution in [0.25, 0.3) is 0 Å². The van der Waals surface area contributed by atoms with Gasteiger partial charge in [0.25, 0.3) is 0 Å². The Morgan fingerprint density at radius 2 is 2.22 bits per heavy atom. The Morgan fingerprint density at radius 3 is 3.00 bits per heavy atom. The summed E-state index contributed by atoms with van der Waals surface area (Å²) in [5.41, 5.74) is 3.80. The van der Waals surface area contributed by atoms with Crippen molar-refractivity contribution in [1.29, 1.82) is 0 Å². The Bertz CT molecular complexity index is 654. The maximum atomic E-state index is 12.5. The van der Waals surface area contributed by atoms with Gasteiger partial charge >= 0.3 is 0 Å². The van der Waals surface area contributed by atoms with Crippen LogP contribution < -0.4 is 0 Å². The molecule has 1 aliphatic rings. The summed E-state index contributed by atoms with van der Waals surface area (Å²) in [6, 6.07) is 12.7. The monoisotopic (exact) mass is 308 g/mol. The largest absolute Gasteiger partial charge is 0.342 e.